The molecule has 0 rings (SSSR count). The summed E-state index contributed by atoms with van der Waals surface area (Å²) in [5.41, 5.74) is -0.615. The van der Waals surface area contributed by atoms with Gasteiger partial charge < -0.3 is 9.84 Å². The van der Waals surface area contributed by atoms with E-state index >= 15 is 0 Å². The molecule has 0 aromatic rings. The monoisotopic (exact) mass is 174 g/mol. The molecular weight excluding hydrogens is 156 g/mol. The van der Waals surface area contributed by atoms with E-state index in [1.54, 1.807) is 13.8 Å². The van der Waals surface area contributed by atoms with Crippen molar-refractivity contribution in [1.82, 2.24) is 0 Å². The molecular formula is C9H18O3. The van der Waals surface area contributed by atoms with E-state index in [2.05, 4.69) is 4.74 Å². The smallest absolute Gasteiger partial charge is 0.305 e. The van der Waals surface area contributed by atoms with E-state index in [0.717, 1.165) is 19.3 Å². The summed E-state index contributed by atoms with van der Waals surface area (Å²) in [6.07, 6.45) is 2.83. The zero-order valence-electron chi connectivity index (χ0n) is 8.09. The second kappa shape index (κ2) is 5.14. The number of methoxy groups -OCH3 is 1. The third-order valence-corrected chi connectivity index (χ3v) is 1.65. The van der Waals surface area contributed by atoms with Crippen LogP contribution in [0.3, 0.4) is 0 Å². The molecule has 12 heavy (non-hydrogen) atoms. The van der Waals surface area contributed by atoms with Crippen LogP contribution in [-0.4, -0.2) is 23.8 Å². The first kappa shape index (κ1) is 11.4. The third kappa shape index (κ3) is 7.54. The van der Waals surface area contributed by atoms with Crippen LogP contribution in [0.15, 0.2) is 0 Å². The van der Waals surface area contributed by atoms with Gasteiger partial charge in [0.15, 0.2) is 0 Å². The highest BCUT2D eigenvalue weighted by Gasteiger charge is 2.11. The third-order valence-electron chi connectivity index (χ3n) is 1.65. The minimum Gasteiger partial charge on any atom is -0.469 e. The number of hydrogen-bond donors (Lipinski definition) is 1. The average molecular weight is 174 g/mol. The molecule has 0 unspecified atom stereocenters. The van der Waals surface area contributed by atoms with Gasteiger partial charge in [-0.05, 0) is 26.7 Å². The van der Waals surface area contributed by atoms with Crippen molar-refractivity contribution in [2.24, 2.45) is 0 Å². The second-order valence-corrected chi connectivity index (χ2v) is 3.60. The van der Waals surface area contributed by atoms with E-state index in [4.69, 9.17) is 0 Å². The van der Waals surface area contributed by atoms with E-state index in [1.807, 2.05) is 0 Å². The van der Waals surface area contributed by atoms with E-state index in [0.29, 0.717) is 6.42 Å². The summed E-state index contributed by atoms with van der Waals surface area (Å²) in [4.78, 5) is 10.7. The highest BCUT2D eigenvalue weighted by atomic mass is 16.5. The molecule has 0 aliphatic carbocycles. The van der Waals surface area contributed by atoms with E-state index < -0.39 is 5.60 Å². The summed E-state index contributed by atoms with van der Waals surface area (Å²) in [5, 5.41) is 9.32. The van der Waals surface area contributed by atoms with Gasteiger partial charge in [-0.2, -0.15) is 0 Å². The number of unbranched alkanes of at least 4 members (excludes halogenated alkanes) is 1. The Bertz CT molecular complexity index is 135. The topological polar surface area (TPSA) is 46.5 Å². The highest BCUT2D eigenvalue weighted by Crippen LogP contribution is 2.12. The summed E-state index contributed by atoms with van der Waals surface area (Å²) in [5.74, 6) is -0.175. The van der Waals surface area contributed by atoms with Gasteiger partial charge in [0.1, 0.15) is 0 Å². The molecule has 0 aromatic carbocycles. The normalized spacial score (nSPS) is 11.3. The van der Waals surface area contributed by atoms with Crippen LogP contribution in [0.1, 0.15) is 39.5 Å². The van der Waals surface area contributed by atoms with Crippen molar-refractivity contribution in [3.05, 3.63) is 0 Å². The Kier molecular flexibility index (Phi) is 4.90. The van der Waals surface area contributed by atoms with Crippen molar-refractivity contribution in [2.45, 2.75) is 45.1 Å². The van der Waals surface area contributed by atoms with Crippen molar-refractivity contribution in [3.63, 3.8) is 0 Å². The number of hydrogen-bond acceptors (Lipinski definition) is 3. The number of esters is 1. The average Bonchev–Trinajstić information content (AvgIpc) is 1.96. The Morgan fingerprint density at radius 2 is 2.00 bits per heavy atom. The molecule has 0 bridgehead atoms. The largest absolute Gasteiger partial charge is 0.469 e. The number of rotatable bonds is 5. The van der Waals surface area contributed by atoms with E-state index in [-0.39, 0.29) is 5.97 Å². The van der Waals surface area contributed by atoms with Gasteiger partial charge in [0.25, 0.3) is 0 Å². The maximum Gasteiger partial charge on any atom is 0.305 e. The van der Waals surface area contributed by atoms with Gasteiger partial charge >= 0.3 is 5.97 Å². The molecule has 3 heteroatoms. The predicted octanol–water partition coefficient (Wildman–Crippen LogP) is 1.49. The SMILES string of the molecule is COC(=O)CCCCC(C)(C)O. The fraction of sp³-hybridized carbons (Fsp3) is 0.889. The molecule has 0 amide bonds. The van der Waals surface area contributed by atoms with Crippen molar-refractivity contribution in [3.8, 4) is 0 Å². The standard InChI is InChI=1S/C9H18O3/c1-9(2,11)7-5-4-6-8(10)12-3/h11H,4-7H2,1-3H3. The number of ether oxygens (including phenoxy) is 1. The van der Waals surface area contributed by atoms with Gasteiger partial charge in [-0.3, -0.25) is 4.79 Å². The van der Waals surface area contributed by atoms with Gasteiger partial charge in [0.2, 0.25) is 0 Å². The molecule has 0 atom stereocenters. The maximum absolute atomic E-state index is 10.7. The van der Waals surface area contributed by atoms with Crippen LogP contribution < -0.4 is 0 Å². The van der Waals surface area contributed by atoms with Crippen LogP contribution in [0, 0.1) is 0 Å². The first-order valence-corrected chi connectivity index (χ1v) is 4.25. The highest BCUT2D eigenvalue weighted by molar-refractivity contribution is 5.68. The van der Waals surface area contributed by atoms with Gasteiger partial charge in [0, 0.05) is 6.42 Å². The van der Waals surface area contributed by atoms with Crippen LogP contribution in [0.5, 0.6) is 0 Å². The lowest BCUT2D eigenvalue weighted by Gasteiger charge is -2.15. The Balaban J connectivity index is 3.28. The van der Waals surface area contributed by atoms with Gasteiger partial charge in [-0.15, -0.1) is 0 Å². The lowest BCUT2D eigenvalue weighted by atomic mass is 10.0. The summed E-state index contributed by atoms with van der Waals surface area (Å²) < 4.78 is 4.48. The first-order chi connectivity index (χ1) is 5.45. The van der Waals surface area contributed by atoms with E-state index in [1.165, 1.54) is 7.11 Å². The van der Waals surface area contributed by atoms with Crippen LogP contribution in [0.25, 0.3) is 0 Å². The second-order valence-electron chi connectivity index (χ2n) is 3.60. The molecule has 0 aliphatic heterocycles. The zero-order chi connectivity index (χ0) is 9.61. The molecule has 0 fully saturated rings. The Morgan fingerprint density at radius 3 is 2.42 bits per heavy atom. The molecule has 0 heterocycles. The quantitative estimate of drug-likeness (QED) is 0.507. The number of carbonyl (C=O) groups is 1. The van der Waals surface area contributed by atoms with Crippen molar-refractivity contribution in [2.75, 3.05) is 7.11 Å². The maximum atomic E-state index is 10.7. The summed E-state index contributed by atoms with van der Waals surface area (Å²) in [7, 11) is 1.39. The van der Waals surface area contributed by atoms with Crippen LogP contribution in [-0.2, 0) is 9.53 Å². The Morgan fingerprint density at radius 1 is 1.42 bits per heavy atom. The Hall–Kier alpha value is -0.570. The van der Waals surface area contributed by atoms with Gasteiger partial charge in [-0.1, -0.05) is 6.42 Å². The molecule has 1 N–H and O–H groups in total. The summed E-state index contributed by atoms with van der Waals surface area (Å²) in [6, 6.07) is 0. The van der Waals surface area contributed by atoms with E-state index in [9.17, 15) is 9.90 Å². The molecule has 72 valence electrons. The minimum atomic E-state index is -0.615. The van der Waals surface area contributed by atoms with Crippen LogP contribution in [0.2, 0.25) is 0 Å². The molecule has 0 saturated carbocycles. The molecule has 0 spiro atoms. The molecule has 0 aromatic heterocycles. The molecule has 0 saturated heterocycles. The summed E-state index contributed by atoms with van der Waals surface area (Å²) >= 11 is 0. The molecule has 0 radical (unpaired) electrons. The van der Waals surface area contributed by atoms with Crippen molar-refractivity contribution in [1.29, 1.82) is 0 Å². The lowest BCUT2D eigenvalue weighted by molar-refractivity contribution is -0.140. The summed E-state index contributed by atoms with van der Waals surface area (Å²) in [6.45, 7) is 3.54. The fourth-order valence-electron chi connectivity index (χ4n) is 0.929. The molecule has 3 nitrogen and oxygen atoms in total. The van der Waals surface area contributed by atoms with Crippen LogP contribution >= 0.6 is 0 Å². The zero-order valence-corrected chi connectivity index (χ0v) is 8.09. The predicted molar refractivity (Wildman–Crippen MR) is 46.8 cm³/mol. The first-order valence-electron chi connectivity index (χ1n) is 4.25. The fourth-order valence-corrected chi connectivity index (χ4v) is 0.929. The van der Waals surface area contributed by atoms with Crippen molar-refractivity contribution >= 4 is 5.97 Å². The van der Waals surface area contributed by atoms with Crippen molar-refractivity contribution < 1.29 is 14.6 Å². The Labute approximate surface area is 73.7 Å². The number of carbonyl (C=O) groups excluding carboxylic acids is 1. The lowest BCUT2D eigenvalue weighted by Crippen LogP contribution is -2.17. The van der Waals surface area contributed by atoms with Gasteiger partial charge in [-0.25, -0.2) is 0 Å². The molecule has 0 aliphatic rings. The minimum absolute atomic E-state index is 0.175. The van der Waals surface area contributed by atoms with Gasteiger partial charge in [0.05, 0.1) is 12.7 Å². The van der Waals surface area contributed by atoms with Crippen LogP contribution in [0.4, 0.5) is 0 Å². The number of aliphatic hydroxyl groups is 1.